The molecular formula is C18H24N2O4S. The van der Waals surface area contributed by atoms with Crippen molar-refractivity contribution in [2.45, 2.75) is 45.1 Å². The summed E-state index contributed by atoms with van der Waals surface area (Å²) in [6, 6.07) is 1.96. The number of amides is 2. The number of carbonyl (C=O) groups is 3. The van der Waals surface area contributed by atoms with Crippen molar-refractivity contribution >= 4 is 34.8 Å². The molecule has 136 valence electrons. The van der Waals surface area contributed by atoms with Crippen molar-refractivity contribution < 1.29 is 19.1 Å². The second kappa shape index (κ2) is 7.56. The molecule has 1 aromatic heterocycles. The predicted molar refractivity (Wildman–Crippen MR) is 95.5 cm³/mol. The molecule has 1 aromatic rings. The average molecular weight is 364 g/mol. The second-order valence-corrected chi connectivity index (χ2v) is 7.92. The first-order chi connectivity index (χ1) is 12.0. The van der Waals surface area contributed by atoms with Crippen molar-refractivity contribution in [2.24, 2.45) is 11.8 Å². The molecular weight excluding hydrogens is 340 g/mol. The molecule has 1 saturated heterocycles. The number of carbonyl (C=O) groups excluding carboxylic acids is 3. The normalized spacial score (nSPS) is 26.6. The zero-order chi connectivity index (χ0) is 18.0. The van der Waals surface area contributed by atoms with Gasteiger partial charge in [0.1, 0.15) is 4.88 Å². The Balaban J connectivity index is 1.61. The van der Waals surface area contributed by atoms with Crippen LogP contribution in [0, 0.1) is 11.8 Å². The predicted octanol–water partition coefficient (Wildman–Crippen LogP) is 2.90. The van der Waals surface area contributed by atoms with Crippen LogP contribution in [0.4, 0.5) is 5.69 Å². The third-order valence-electron chi connectivity index (χ3n) is 5.25. The Morgan fingerprint density at radius 1 is 1.28 bits per heavy atom. The van der Waals surface area contributed by atoms with E-state index < -0.39 is 5.97 Å². The van der Waals surface area contributed by atoms with E-state index in [1.165, 1.54) is 18.4 Å². The fourth-order valence-electron chi connectivity index (χ4n) is 3.71. The van der Waals surface area contributed by atoms with Crippen LogP contribution in [0.1, 0.15) is 48.7 Å². The number of hydrogen-bond donors (Lipinski definition) is 1. The molecule has 0 spiro atoms. The zero-order valence-electron chi connectivity index (χ0n) is 14.6. The van der Waals surface area contributed by atoms with Crippen molar-refractivity contribution in [1.82, 2.24) is 4.90 Å². The first kappa shape index (κ1) is 17.9. The van der Waals surface area contributed by atoms with Gasteiger partial charge in [-0.25, -0.2) is 4.79 Å². The Hall–Kier alpha value is -1.89. The molecule has 1 saturated carbocycles. The third kappa shape index (κ3) is 3.86. The van der Waals surface area contributed by atoms with Gasteiger partial charge in [-0.2, -0.15) is 0 Å². The van der Waals surface area contributed by atoms with Crippen molar-refractivity contribution in [3.8, 4) is 0 Å². The number of hydrogen-bond acceptors (Lipinski definition) is 5. The fourth-order valence-corrected chi connectivity index (χ4v) is 4.47. The number of esters is 1. The second-order valence-electron chi connectivity index (χ2n) is 7.01. The highest BCUT2D eigenvalue weighted by Gasteiger charge is 2.39. The minimum Gasteiger partial charge on any atom is -0.465 e. The molecule has 3 rings (SSSR count). The smallest absolute Gasteiger partial charge is 0.350 e. The molecule has 0 aromatic carbocycles. The molecule has 6 nitrogen and oxygen atoms in total. The molecule has 1 N–H and O–H groups in total. The van der Waals surface area contributed by atoms with Crippen LogP contribution in [-0.2, 0) is 14.3 Å². The molecule has 0 radical (unpaired) electrons. The lowest BCUT2D eigenvalue weighted by Gasteiger charge is -2.33. The van der Waals surface area contributed by atoms with E-state index in [2.05, 4.69) is 12.2 Å². The Kier molecular flexibility index (Phi) is 5.42. The zero-order valence-corrected chi connectivity index (χ0v) is 15.4. The largest absolute Gasteiger partial charge is 0.465 e. The summed E-state index contributed by atoms with van der Waals surface area (Å²) in [5, 5.41) is 4.52. The van der Waals surface area contributed by atoms with Gasteiger partial charge in [0.25, 0.3) is 0 Å². The molecule has 7 heteroatoms. The van der Waals surface area contributed by atoms with E-state index in [1.807, 2.05) is 4.90 Å². The van der Waals surface area contributed by atoms with Gasteiger partial charge in [0.05, 0.1) is 18.7 Å². The molecule has 1 aliphatic carbocycles. The van der Waals surface area contributed by atoms with Gasteiger partial charge in [-0.1, -0.05) is 6.92 Å². The van der Waals surface area contributed by atoms with Crippen LogP contribution in [0.3, 0.4) is 0 Å². The van der Waals surface area contributed by atoms with Crippen LogP contribution >= 0.6 is 11.3 Å². The summed E-state index contributed by atoms with van der Waals surface area (Å²) in [7, 11) is 1.31. The molecule has 2 amide bonds. The molecule has 2 heterocycles. The highest BCUT2D eigenvalue weighted by atomic mass is 32.1. The van der Waals surface area contributed by atoms with Crippen molar-refractivity contribution in [3.63, 3.8) is 0 Å². The van der Waals surface area contributed by atoms with Crippen LogP contribution < -0.4 is 5.32 Å². The number of thiophene rings is 1. The average Bonchev–Trinajstić information content (AvgIpc) is 3.21. The minimum absolute atomic E-state index is 0.0678. The third-order valence-corrected chi connectivity index (χ3v) is 6.14. The van der Waals surface area contributed by atoms with E-state index in [0.29, 0.717) is 17.1 Å². The molecule has 1 unspecified atom stereocenters. The lowest BCUT2D eigenvalue weighted by Crippen LogP contribution is -2.39. The van der Waals surface area contributed by atoms with Gasteiger partial charge >= 0.3 is 5.97 Å². The fraction of sp³-hybridized carbons (Fsp3) is 0.611. The number of anilines is 1. The van der Waals surface area contributed by atoms with Gasteiger partial charge in [-0.3, -0.25) is 9.59 Å². The highest BCUT2D eigenvalue weighted by molar-refractivity contribution is 7.12. The van der Waals surface area contributed by atoms with Gasteiger partial charge in [-0.05, 0) is 43.0 Å². The summed E-state index contributed by atoms with van der Waals surface area (Å²) in [5.41, 5.74) is 0.458. The monoisotopic (exact) mass is 364 g/mol. The van der Waals surface area contributed by atoms with Crippen LogP contribution in [0.25, 0.3) is 0 Å². The van der Waals surface area contributed by atoms with E-state index in [-0.39, 0.29) is 30.2 Å². The van der Waals surface area contributed by atoms with E-state index in [1.54, 1.807) is 11.4 Å². The van der Waals surface area contributed by atoms with Crippen molar-refractivity contribution in [1.29, 1.82) is 0 Å². The Morgan fingerprint density at radius 2 is 2.00 bits per heavy atom. The number of methoxy groups -OCH3 is 1. The van der Waals surface area contributed by atoms with E-state index in [9.17, 15) is 14.4 Å². The highest BCUT2D eigenvalue weighted by Crippen LogP contribution is 2.32. The first-order valence-electron chi connectivity index (χ1n) is 8.75. The van der Waals surface area contributed by atoms with Gasteiger partial charge in [0, 0.05) is 19.0 Å². The first-order valence-corrected chi connectivity index (χ1v) is 9.63. The standard InChI is InChI=1S/C18H24N2O4S/c1-11-3-5-13(6-4-11)20-10-12(9-15(20)21)17(22)19-14-7-8-25-16(14)18(23)24-2/h7-8,11-13H,3-6,9-10H2,1-2H3,(H,19,22). The molecule has 2 fully saturated rings. The van der Waals surface area contributed by atoms with Crippen molar-refractivity contribution in [3.05, 3.63) is 16.3 Å². The maximum absolute atomic E-state index is 12.6. The molecule has 2 aliphatic rings. The number of ether oxygens (including phenoxy) is 1. The van der Waals surface area contributed by atoms with E-state index in [0.717, 1.165) is 31.6 Å². The number of nitrogens with one attached hydrogen (secondary N) is 1. The van der Waals surface area contributed by atoms with Crippen LogP contribution in [0.2, 0.25) is 0 Å². The summed E-state index contributed by atoms with van der Waals surface area (Å²) >= 11 is 1.22. The topological polar surface area (TPSA) is 75.7 Å². The maximum atomic E-state index is 12.6. The summed E-state index contributed by atoms with van der Waals surface area (Å²) in [6.45, 7) is 2.72. The lowest BCUT2D eigenvalue weighted by atomic mass is 9.87. The molecule has 1 aliphatic heterocycles. The summed E-state index contributed by atoms with van der Waals surface area (Å²) in [4.78, 5) is 38.9. The Bertz CT molecular complexity index is 664. The lowest BCUT2D eigenvalue weighted by molar-refractivity contribution is -0.130. The van der Waals surface area contributed by atoms with Gasteiger partial charge in [0.2, 0.25) is 11.8 Å². The quantitative estimate of drug-likeness (QED) is 0.834. The molecule has 0 bridgehead atoms. The van der Waals surface area contributed by atoms with Crippen LogP contribution in [0.15, 0.2) is 11.4 Å². The van der Waals surface area contributed by atoms with Crippen LogP contribution in [-0.4, -0.2) is 42.4 Å². The van der Waals surface area contributed by atoms with Gasteiger partial charge < -0.3 is 15.0 Å². The van der Waals surface area contributed by atoms with Gasteiger partial charge in [0.15, 0.2) is 0 Å². The van der Waals surface area contributed by atoms with Gasteiger partial charge in [-0.15, -0.1) is 11.3 Å². The summed E-state index contributed by atoms with van der Waals surface area (Å²) in [6.07, 6.45) is 4.58. The Morgan fingerprint density at radius 3 is 2.68 bits per heavy atom. The number of rotatable bonds is 4. The summed E-state index contributed by atoms with van der Waals surface area (Å²) in [5.74, 6) is -0.242. The van der Waals surface area contributed by atoms with E-state index >= 15 is 0 Å². The Labute approximate surface area is 151 Å². The summed E-state index contributed by atoms with van der Waals surface area (Å²) < 4.78 is 4.72. The minimum atomic E-state index is -0.467. The van der Waals surface area contributed by atoms with Crippen LogP contribution in [0.5, 0.6) is 0 Å². The number of likely N-dealkylation sites (tertiary alicyclic amines) is 1. The van der Waals surface area contributed by atoms with Crippen molar-refractivity contribution in [2.75, 3.05) is 19.0 Å². The maximum Gasteiger partial charge on any atom is 0.350 e. The molecule has 1 atom stereocenters. The van der Waals surface area contributed by atoms with E-state index in [4.69, 9.17) is 4.74 Å². The molecule has 25 heavy (non-hydrogen) atoms. The number of nitrogens with zero attached hydrogens (tertiary/aromatic N) is 1. The SMILES string of the molecule is COC(=O)c1sccc1NC(=O)C1CC(=O)N(C2CCC(C)CC2)C1.